The number of thiophene rings is 1. The lowest BCUT2D eigenvalue weighted by atomic mass is 9.98. The molecule has 0 bridgehead atoms. The fourth-order valence-electron chi connectivity index (χ4n) is 2.56. The summed E-state index contributed by atoms with van der Waals surface area (Å²) in [5.74, 6) is 0.610. The molecule has 1 atom stereocenters. The van der Waals surface area contributed by atoms with Crippen LogP contribution in [0.5, 0.6) is 0 Å². The molecule has 0 saturated heterocycles. The summed E-state index contributed by atoms with van der Waals surface area (Å²) in [6, 6.07) is 14.1. The average molecular weight is 301 g/mol. The second-order valence-electron chi connectivity index (χ2n) is 6.03. The van der Waals surface area contributed by atoms with Crippen molar-refractivity contribution in [3.63, 3.8) is 0 Å². The Labute approximate surface area is 133 Å². The third-order valence-corrected chi connectivity index (χ3v) is 4.74. The monoisotopic (exact) mass is 301 g/mol. The molecule has 1 unspecified atom stereocenters. The first-order chi connectivity index (χ1) is 10.2. The Morgan fingerprint density at radius 3 is 2.38 bits per heavy atom. The molecule has 0 saturated carbocycles. The average Bonchev–Trinajstić information content (AvgIpc) is 2.98. The molecule has 21 heavy (non-hydrogen) atoms. The summed E-state index contributed by atoms with van der Waals surface area (Å²) in [7, 11) is 0. The van der Waals surface area contributed by atoms with Crippen molar-refractivity contribution < 1.29 is 0 Å². The molecule has 114 valence electrons. The van der Waals surface area contributed by atoms with E-state index in [1.54, 1.807) is 0 Å². The second kappa shape index (κ2) is 8.35. The van der Waals surface area contributed by atoms with E-state index < -0.39 is 0 Å². The molecular weight excluding hydrogens is 274 g/mol. The van der Waals surface area contributed by atoms with Crippen LogP contribution >= 0.6 is 11.3 Å². The van der Waals surface area contributed by atoms with Crippen LogP contribution in [0.25, 0.3) is 0 Å². The van der Waals surface area contributed by atoms with Gasteiger partial charge in [0.15, 0.2) is 0 Å². The highest BCUT2D eigenvalue weighted by Gasteiger charge is 2.11. The molecule has 0 aliphatic heterocycles. The molecule has 1 aromatic heterocycles. The number of rotatable bonds is 8. The zero-order chi connectivity index (χ0) is 15.1. The van der Waals surface area contributed by atoms with Crippen molar-refractivity contribution in [2.45, 2.75) is 52.0 Å². The lowest BCUT2D eigenvalue weighted by molar-refractivity contribution is 0.507. The summed E-state index contributed by atoms with van der Waals surface area (Å²) < 4.78 is 0. The van der Waals surface area contributed by atoms with Crippen LogP contribution in [-0.2, 0) is 12.8 Å². The van der Waals surface area contributed by atoms with Crippen molar-refractivity contribution in [1.29, 1.82) is 0 Å². The van der Waals surface area contributed by atoms with Crippen LogP contribution in [-0.4, -0.2) is 12.6 Å². The number of nitrogens with one attached hydrogen (secondary N) is 1. The van der Waals surface area contributed by atoms with E-state index in [-0.39, 0.29) is 0 Å². The van der Waals surface area contributed by atoms with Gasteiger partial charge in [0.2, 0.25) is 0 Å². The maximum atomic E-state index is 3.70. The summed E-state index contributed by atoms with van der Waals surface area (Å²) in [6.07, 6.45) is 3.42. The Balaban J connectivity index is 1.99. The summed E-state index contributed by atoms with van der Waals surface area (Å²) >= 11 is 1.86. The van der Waals surface area contributed by atoms with Gasteiger partial charge in [-0.25, -0.2) is 0 Å². The van der Waals surface area contributed by atoms with Gasteiger partial charge in [0.05, 0.1) is 0 Å². The van der Waals surface area contributed by atoms with Gasteiger partial charge in [-0.15, -0.1) is 11.3 Å². The summed E-state index contributed by atoms with van der Waals surface area (Å²) in [5, 5.41) is 5.87. The Kier molecular flexibility index (Phi) is 6.47. The van der Waals surface area contributed by atoms with E-state index in [4.69, 9.17) is 0 Å². The van der Waals surface area contributed by atoms with Gasteiger partial charge in [0.25, 0.3) is 0 Å². The number of hydrogen-bond acceptors (Lipinski definition) is 2. The largest absolute Gasteiger partial charge is 0.313 e. The molecule has 0 aliphatic rings. The zero-order valence-electron chi connectivity index (χ0n) is 13.4. The topological polar surface area (TPSA) is 12.0 Å². The predicted octanol–water partition coefficient (Wildman–Crippen LogP) is 5.02. The molecule has 2 rings (SSSR count). The van der Waals surface area contributed by atoms with Crippen LogP contribution in [0.2, 0.25) is 0 Å². The molecule has 0 amide bonds. The lowest BCUT2D eigenvalue weighted by Crippen LogP contribution is -2.33. The third-order valence-electron chi connectivity index (χ3n) is 3.84. The zero-order valence-corrected chi connectivity index (χ0v) is 14.2. The fourth-order valence-corrected chi connectivity index (χ4v) is 3.35. The lowest BCUT2D eigenvalue weighted by Gasteiger charge is -2.18. The Morgan fingerprint density at radius 1 is 1.05 bits per heavy atom. The summed E-state index contributed by atoms with van der Waals surface area (Å²) in [4.78, 5) is 1.47. The van der Waals surface area contributed by atoms with Gasteiger partial charge in [-0.3, -0.25) is 0 Å². The van der Waals surface area contributed by atoms with Crippen molar-refractivity contribution in [3.8, 4) is 0 Å². The van der Waals surface area contributed by atoms with Crippen LogP contribution in [0.1, 0.15) is 49.1 Å². The van der Waals surface area contributed by atoms with E-state index in [2.05, 4.69) is 67.9 Å². The predicted molar refractivity (Wildman–Crippen MR) is 94.3 cm³/mol. The van der Waals surface area contributed by atoms with E-state index in [1.165, 1.54) is 22.4 Å². The SMILES string of the molecule is CCCNC(Cc1ccc(C(C)C)cc1)Cc1cccs1. The maximum Gasteiger partial charge on any atom is 0.0156 e. The van der Waals surface area contributed by atoms with Crippen LogP contribution in [0.3, 0.4) is 0 Å². The van der Waals surface area contributed by atoms with E-state index in [0.717, 1.165) is 19.4 Å². The highest BCUT2D eigenvalue weighted by Crippen LogP contribution is 2.17. The van der Waals surface area contributed by atoms with Crippen molar-refractivity contribution in [3.05, 3.63) is 57.8 Å². The second-order valence-corrected chi connectivity index (χ2v) is 7.07. The highest BCUT2D eigenvalue weighted by molar-refractivity contribution is 7.09. The van der Waals surface area contributed by atoms with Crippen molar-refractivity contribution >= 4 is 11.3 Å². The molecule has 0 fully saturated rings. The van der Waals surface area contributed by atoms with Crippen LogP contribution in [0.4, 0.5) is 0 Å². The Hall–Kier alpha value is -1.12. The molecule has 0 spiro atoms. The summed E-state index contributed by atoms with van der Waals surface area (Å²) in [6.45, 7) is 7.82. The third kappa shape index (κ3) is 5.29. The van der Waals surface area contributed by atoms with Crippen LogP contribution < -0.4 is 5.32 Å². The van der Waals surface area contributed by atoms with Gasteiger partial charge in [0, 0.05) is 10.9 Å². The van der Waals surface area contributed by atoms with Gasteiger partial charge in [-0.05, 0) is 54.3 Å². The minimum Gasteiger partial charge on any atom is -0.313 e. The maximum absolute atomic E-state index is 3.70. The quantitative estimate of drug-likeness (QED) is 0.721. The van der Waals surface area contributed by atoms with Crippen molar-refractivity contribution in [1.82, 2.24) is 5.32 Å². The normalized spacial score (nSPS) is 12.8. The van der Waals surface area contributed by atoms with Gasteiger partial charge >= 0.3 is 0 Å². The van der Waals surface area contributed by atoms with Crippen LogP contribution in [0, 0.1) is 0 Å². The standard InChI is InChI=1S/C19H27NS/c1-4-11-20-18(14-19-6-5-12-21-19)13-16-7-9-17(10-8-16)15(2)3/h5-10,12,15,18,20H,4,11,13-14H2,1-3H3. The van der Waals surface area contributed by atoms with Gasteiger partial charge in [-0.1, -0.05) is 51.1 Å². The Morgan fingerprint density at radius 2 is 1.81 bits per heavy atom. The Bertz CT molecular complexity index is 499. The molecule has 1 aromatic carbocycles. The molecule has 1 nitrogen and oxygen atoms in total. The molecule has 0 radical (unpaired) electrons. The van der Waals surface area contributed by atoms with E-state index in [9.17, 15) is 0 Å². The van der Waals surface area contributed by atoms with E-state index in [0.29, 0.717) is 12.0 Å². The molecule has 1 N–H and O–H groups in total. The van der Waals surface area contributed by atoms with E-state index in [1.807, 2.05) is 11.3 Å². The molecule has 0 aliphatic carbocycles. The summed E-state index contributed by atoms with van der Waals surface area (Å²) in [5.41, 5.74) is 2.86. The molecule has 1 heterocycles. The highest BCUT2D eigenvalue weighted by atomic mass is 32.1. The molecule has 2 aromatic rings. The smallest absolute Gasteiger partial charge is 0.0156 e. The van der Waals surface area contributed by atoms with Crippen LogP contribution in [0.15, 0.2) is 41.8 Å². The van der Waals surface area contributed by atoms with E-state index >= 15 is 0 Å². The first-order valence-corrected chi connectivity index (χ1v) is 8.91. The van der Waals surface area contributed by atoms with Gasteiger partial charge in [-0.2, -0.15) is 0 Å². The number of benzene rings is 1. The first kappa shape index (κ1) is 16.3. The minimum atomic E-state index is 0.536. The first-order valence-electron chi connectivity index (χ1n) is 8.03. The number of hydrogen-bond donors (Lipinski definition) is 1. The van der Waals surface area contributed by atoms with Crippen molar-refractivity contribution in [2.75, 3.05) is 6.54 Å². The molecular formula is C19H27NS. The minimum absolute atomic E-state index is 0.536. The van der Waals surface area contributed by atoms with Gasteiger partial charge < -0.3 is 5.32 Å². The van der Waals surface area contributed by atoms with Crippen molar-refractivity contribution in [2.24, 2.45) is 0 Å². The molecule has 2 heteroatoms. The van der Waals surface area contributed by atoms with Gasteiger partial charge in [0.1, 0.15) is 0 Å². The fraction of sp³-hybridized carbons (Fsp3) is 0.474.